The first kappa shape index (κ1) is 12.9. The average molecular weight is 273 g/mol. The van der Waals surface area contributed by atoms with Crippen LogP contribution < -0.4 is 0 Å². The predicted octanol–water partition coefficient (Wildman–Crippen LogP) is 2.49. The lowest BCUT2D eigenvalue weighted by Crippen LogP contribution is -2.09. The molecule has 2 rings (SSSR count). The summed E-state index contributed by atoms with van der Waals surface area (Å²) in [4.78, 5) is 0. The van der Waals surface area contributed by atoms with E-state index in [2.05, 4.69) is 15.5 Å². The van der Waals surface area contributed by atoms with E-state index in [0.717, 1.165) is 6.07 Å². The summed E-state index contributed by atoms with van der Waals surface area (Å²) in [6, 6.07) is 3.42. The summed E-state index contributed by atoms with van der Waals surface area (Å²) in [6.45, 7) is 2.17. The van der Waals surface area contributed by atoms with E-state index in [1.54, 1.807) is 6.92 Å². The molecule has 0 aliphatic rings. The number of alkyl halides is 1. The Hall–Kier alpha value is -1.56. The van der Waals surface area contributed by atoms with E-state index in [0.29, 0.717) is 24.4 Å². The van der Waals surface area contributed by atoms with Gasteiger partial charge in [0, 0.05) is 12.6 Å². The molecule has 1 aromatic heterocycles. The molecule has 0 N–H and O–H groups in total. The maximum Gasteiger partial charge on any atom is 0.168 e. The van der Waals surface area contributed by atoms with Gasteiger partial charge in [-0.15, -0.1) is 16.7 Å². The smallest absolute Gasteiger partial charge is 0.168 e. The fourth-order valence-electron chi connectivity index (χ4n) is 1.65. The Labute approximate surface area is 108 Å². The Morgan fingerprint density at radius 2 is 1.94 bits per heavy atom. The Balaban J connectivity index is 2.09. The van der Waals surface area contributed by atoms with Crippen molar-refractivity contribution in [2.75, 3.05) is 0 Å². The highest BCUT2D eigenvalue weighted by atomic mass is 35.5. The zero-order valence-corrected chi connectivity index (χ0v) is 10.4. The maximum atomic E-state index is 13.0. The number of aromatic nitrogens is 4. The van der Waals surface area contributed by atoms with Gasteiger partial charge in [0.2, 0.25) is 0 Å². The van der Waals surface area contributed by atoms with E-state index >= 15 is 0 Å². The molecule has 0 bridgehead atoms. The van der Waals surface area contributed by atoms with Gasteiger partial charge >= 0.3 is 0 Å². The minimum absolute atomic E-state index is 0.316. The summed E-state index contributed by atoms with van der Waals surface area (Å²) in [7, 11) is 0. The number of tetrazole rings is 1. The second-order valence-corrected chi connectivity index (χ2v) is 4.56. The Bertz CT molecular complexity index is 521. The molecule has 96 valence electrons. The van der Waals surface area contributed by atoms with Gasteiger partial charge in [-0.1, -0.05) is 0 Å². The molecule has 0 saturated heterocycles. The fourth-order valence-corrected chi connectivity index (χ4v) is 1.80. The van der Waals surface area contributed by atoms with Crippen LogP contribution in [0.3, 0.4) is 0 Å². The molecule has 0 saturated carbocycles. The van der Waals surface area contributed by atoms with Gasteiger partial charge in [-0.3, -0.25) is 0 Å². The van der Waals surface area contributed by atoms with Gasteiger partial charge in [0.05, 0.1) is 5.38 Å². The van der Waals surface area contributed by atoms with Gasteiger partial charge < -0.3 is 0 Å². The lowest BCUT2D eigenvalue weighted by molar-refractivity contribution is 0.552. The lowest BCUT2D eigenvalue weighted by atomic mass is 10.1. The van der Waals surface area contributed by atoms with E-state index in [9.17, 15) is 8.78 Å². The van der Waals surface area contributed by atoms with E-state index in [-0.39, 0.29) is 5.38 Å². The monoisotopic (exact) mass is 272 g/mol. The molecule has 4 nitrogen and oxygen atoms in total. The van der Waals surface area contributed by atoms with Crippen molar-refractivity contribution >= 4 is 11.6 Å². The van der Waals surface area contributed by atoms with Crippen LogP contribution in [0, 0.1) is 11.6 Å². The van der Waals surface area contributed by atoms with Crippen molar-refractivity contribution in [3.8, 4) is 0 Å². The van der Waals surface area contributed by atoms with Crippen molar-refractivity contribution in [2.45, 2.75) is 25.3 Å². The van der Waals surface area contributed by atoms with Gasteiger partial charge in [0.15, 0.2) is 5.82 Å². The topological polar surface area (TPSA) is 43.6 Å². The summed E-state index contributed by atoms with van der Waals surface area (Å²) in [6.07, 6.45) is 0.427. The molecule has 1 heterocycles. The van der Waals surface area contributed by atoms with Gasteiger partial charge in [0.25, 0.3) is 0 Å². The normalized spacial score (nSPS) is 12.7. The molecule has 0 radical (unpaired) electrons. The highest BCUT2D eigenvalue weighted by Gasteiger charge is 2.11. The Kier molecular flexibility index (Phi) is 3.86. The predicted molar refractivity (Wildman–Crippen MR) is 62.1 cm³/mol. The van der Waals surface area contributed by atoms with Gasteiger partial charge in [-0.05, 0) is 41.5 Å². The third-order valence-corrected chi connectivity index (χ3v) is 2.65. The van der Waals surface area contributed by atoms with Crippen LogP contribution in [0.15, 0.2) is 18.2 Å². The second kappa shape index (κ2) is 5.39. The quantitative estimate of drug-likeness (QED) is 0.803. The molecule has 7 heteroatoms. The first-order valence-electron chi connectivity index (χ1n) is 5.41. The number of rotatable bonds is 4. The molecule has 18 heavy (non-hydrogen) atoms. The van der Waals surface area contributed by atoms with Crippen LogP contribution in [0.4, 0.5) is 8.78 Å². The minimum atomic E-state index is -0.590. The second-order valence-electron chi connectivity index (χ2n) is 3.90. The number of halogens is 3. The molecule has 1 aromatic carbocycles. The third kappa shape index (κ3) is 3.01. The van der Waals surface area contributed by atoms with E-state index < -0.39 is 11.6 Å². The van der Waals surface area contributed by atoms with Gasteiger partial charge in [-0.25, -0.2) is 13.5 Å². The standard InChI is InChI=1S/C11H11ClF2N4/c1-7(12)11-15-16-17-18(11)3-2-8-4-9(13)6-10(14)5-8/h4-7H,2-3H2,1H3. The Morgan fingerprint density at radius 3 is 2.56 bits per heavy atom. The molecule has 2 aromatic rings. The van der Waals surface area contributed by atoms with Crippen LogP contribution in [0.5, 0.6) is 0 Å². The zero-order valence-electron chi connectivity index (χ0n) is 9.65. The van der Waals surface area contributed by atoms with Crippen LogP contribution in [-0.2, 0) is 13.0 Å². The largest absolute Gasteiger partial charge is 0.228 e. The fraction of sp³-hybridized carbons (Fsp3) is 0.364. The minimum Gasteiger partial charge on any atom is -0.228 e. The maximum absolute atomic E-state index is 13.0. The number of aryl methyl sites for hydroxylation is 2. The molecular weight excluding hydrogens is 262 g/mol. The Morgan fingerprint density at radius 1 is 1.28 bits per heavy atom. The summed E-state index contributed by atoms with van der Waals surface area (Å²) >= 11 is 5.90. The molecule has 0 aliphatic carbocycles. The number of hydrogen-bond acceptors (Lipinski definition) is 3. The van der Waals surface area contributed by atoms with Crippen molar-refractivity contribution in [2.24, 2.45) is 0 Å². The lowest BCUT2D eigenvalue weighted by Gasteiger charge is -2.06. The van der Waals surface area contributed by atoms with Crippen LogP contribution in [0.1, 0.15) is 23.7 Å². The summed E-state index contributed by atoms with van der Waals surface area (Å²) in [5.74, 6) is -0.645. The summed E-state index contributed by atoms with van der Waals surface area (Å²) in [5, 5.41) is 10.8. The van der Waals surface area contributed by atoms with Crippen molar-refractivity contribution in [1.29, 1.82) is 0 Å². The summed E-state index contributed by atoms with van der Waals surface area (Å²) < 4.78 is 27.5. The SMILES string of the molecule is CC(Cl)c1nnnn1CCc1cc(F)cc(F)c1. The third-order valence-electron chi connectivity index (χ3n) is 2.45. The van der Waals surface area contributed by atoms with Crippen LogP contribution in [0.2, 0.25) is 0 Å². The van der Waals surface area contributed by atoms with Crippen molar-refractivity contribution < 1.29 is 8.78 Å². The van der Waals surface area contributed by atoms with Crippen molar-refractivity contribution in [1.82, 2.24) is 20.2 Å². The van der Waals surface area contributed by atoms with Gasteiger partial charge in [0.1, 0.15) is 11.6 Å². The van der Waals surface area contributed by atoms with Crippen molar-refractivity contribution in [3.63, 3.8) is 0 Å². The van der Waals surface area contributed by atoms with Crippen LogP contribution in [0.25, 0.3) is 0 Å². The van der Waals surface area contributed by atoms with Crippen molar-refractivity contribution in [3.05, 3.63) is 41.2 Å². The van der Waals surface area contributed by atoms with Crippen LogP contribution in [-0.4, -0.2) is 20.2 Å². The number of benzene rings is 1. The van der Waals surface area contributed by atoms with E-state index in [1.165, 1.54) is 16.8 Å². The van der Waals surface area contributed by atoms with Gasteiger partial charge in [-0.2, -0.15) is 0 Å². The molecule has 0 spiro atoms. The molecule has 1 atom stereocenters. The first-order chi connectivity index (χ1) is 8.56. The molecular formula is C11H11ClF2N4. The zero-order chi connectivity index (χ0) is 13.1. The van der Waals surface area contributed by atoms with E-state index in [1.807, 2.05) is 0 Å². The number of hydrogen-bond donors (Lipinski definition) is 0. The molecule has 1 unspecified atom stereocenters. The van der Waals surface area contributed by atoms with Crippen LogP contribution >= 0.6 is 11.6 Å². The molecule has 0 aliphatic heterocycles. The highest BCUT2D eigenvalue weighted by Crippen LogP contribution is 2.16. The first-order valence-corrected chi connectivity index (χ1v) is 5.85. The van der Waals surface area contributed by atoms with E-state index in [4.69, 9.17) is 11.6 Å². The summed E-state index contributed by atoms with van der Waals surface area (Å²) in [5.41, 5.74) is 0.552. The molecule has 0 fully saturated rings. The average Bonchev–Trinajstić information content (AvgIpc) is 2.73. The highest BCUT2D eigenvalue weighted by molar-refractivity contribution is 6.20. The molecule has 0 amide bonds. The number of nitrogens with zero attached hydrogens (tertiary/aromatic N) is 4.